The van der Waals surface area contributed by atoms with E-state index in [1.54, 1.807) is 11.0 Å². The van der Waals surface area contributed by atoms with Gasteiger partial charge in [-0.05, 0) is 44.5 Å². The number of aryl methyl sites for hydroxylation is 3. The fourth-order valence-electron chi connectivity index (χ4n) is 3.06. The quantitative estimate of drug-likeness (QED) is 0.825. The van der Waals surface area contributed by atoms with Crippen molar-refractivity contribution in [2.45, 2.75) is 25.7 Å². The Morgan fingerprint density at radius 3 is 2.24 bits per heavy atom. The molecule has 2 aromatic rings. The summed E-state index contributed by atoms with van der Waals surface area (Å²) in [6.45, 7) is 7.21. The van der Waals surface area contributed by atoms with Crippen LogP contribution in [0.2, 0.25) is 0 Å². The first kappa shape index (κ1) is 18.1. The summed E-state index contributed by atoms with van der Waals surface area (Å²) < 4.78 is 27.3. The average molecular weight is 379 g/mol. The Morgan fingerprint density at radius 2 is 1.68 bits per heavy atom. The zero-order valence-electron chi connectivity index (χ0n) is 14.7. The van der Waals surface area contributed by atoms with Gasteiger partial charge in [0.05, 0.1) is 9.77 Å². The zero-order valence-corrected chi connectivity index (χ0v) is 16.3. The van der Waals surface area contributed by atoms with Crippen molar-refractivity contribution in [2.24, 2.45) is 0 Å². The van der Waals surface area contributed by atoms with E-state index in [9.17, 15) is 13.2 Å². The number of hydrogen-bond donors (Lipinski definition) is 0. The number of benzene rings is 1. The molecule has 25 heavy (non-hydrogen) atoms. The minimum absolute atomic E-state index is 0.0123. The number of piperazine rings is 1. The molecule has 3 rings (SSSR count). The Labute approximate surface area is 152 Å². The molecule has 5 nitrogen and oxygen atoms in total. The van der Waals surface area contributed by atoms with Crippen molar-refractivity contribution in [1.82, 2.24) is 9.21 Å². The Balaban J connectivity index is 1.72. The van der Waals surface area contributed by atoms with Crippen LogP contribution >= 0.6 is 11.3 Å². The van der Waals surface area contributed by atoms with Crippen molar-refractivity contribution < 1.29 is 13.2 Å². The van der Waals surface area contributed by atoms with E-state index < -0.39 is 10.0 Å². The van der Waals surface area contributed by atoms with Crippen molar-refractivity contribution in [3.8, 4) is 0 Å². The molecule has 1 saturated heterocycles. The molecular formula is C18H22N2O3S2. The maximum atomic E-state index is 12.9. The normalized spacial score (nSPS) is 16.2. The Kier molecular flexibility index (Phi) is 4.99. The highest BCUT2D eigenvalue weighted by Gasteiger charge is 2.31. The van der Waals surface area contributed by atoms with Gasteiger partial charge < -0.3 is 4.90 Å². The Hall–Kier alpha value is -1.70. The number of thiophene rings is 1. The summed E-state index contributed by atoms with van der Waals surface area (Å²) in [5.74, 6) is -0.0123. The molecular weight excluding hydrogens is 356 g/mol. The topological polar surface area (TPSA) is 57.7 Å². The number of rotatable bonds is 3. The molecule has 2 heterocycles. The van der Waals surface area contributed by atoms with Crippen molar-refractivity contribution in [1.29, 1.82) is 0 Å². The lowest BCUT2D eigenvalue weighted by atomic mass is 10.2. The fraction of sp³-hybridized carbons (Fsp3) is 0.389. The van der Waals surface area contributed by atoms with Crippen LogP contribution in [-0.4, -0.2) is 49.7 Å². The number of carbonyl (C=O) groups excluding carboxylic acids is 1. The van der Waals surface area contributed by atoms with Crippen LogP contribution in [0.3, 0.4) is 0 Å². The van der Waals surface area contributed by atoms with Gasteiger partial charge in [0.2, 0.25) is 10.0 Å². The minimum atomic E-state index is -3.52. The van der Waals surface area contributed by atoms with Gasteiger partial charge in [0.1, 0.15) is 0 Å². The summed E-state index contributed by atoms with van der Waals surface area (Å²) in [5.41, 5.74) is 1.80. The molecule has 0 unspecified atom stereocenters. The molecule has 1 aliphatic rings. The van der Waals surface area contributed by atoms with Gasteiger partial charge >= 0.3 is 0 Å². The van der Waals surface area contributed by atoms with Crippen LogP contribution in [0.5, 0.6) is 0 Å². The van der Waals surface area contributed by atoms with Crippen LogP contribution in [0.25, 0.3) is 0 Å². The molecule has 0 spiro atoms. The van der Waals surface area contributed by atoms with Crippen LogP contribution < -0.4 is 0 Å². The lowest BCUT2D eigenvalue weighted by Crippen LogP contribution is -2.50. The molecule has 0 aliphatic carbocycles. The first-order valence-corrected chi connectivity index (χ1v) is 10.5. The number of nitrogens with zero attached hydrogens (tertiary/aromatic N) is 2. The summed E-state index contributed by atoms with van der Waals surface area (Å²) in [6.07, 6.45) is 0. The van der Waals surface area contributed by atoms with Gasteiger partial charge in [-0.1, -0.05) is 17.7 Å². The Morgan fingerprint density at radius 1 is 1.00 bits per heavy atom. The van der Waals surface area contributed by atoms with E-state index in [1.807, 2.05) is 45.0 Å². The molecule has 0 N–H and O–H groups in total. The highest BCUT2D eigenvalue weighted by molar-refractivity contribution is 7.89. The Bertz CT molecular complexity index is 895. The third-order valence-corrected chi connectivity index (χ3v) is 7.47. The van der Waals surface area contributed by atoms with E-state index in [2.05, 4.69) is 0 Å². The van der Waals surface area contributed by atoms with Gasteiger partial charge in [0.25, 0.3) is 5.91 Å². The summed E-state index contributed by atoms with van der Waals surface area (Å²) in [7, 11) is -3.52. The monoisotopic (exact) mass is 378 g/mol. The third-order valence-electron chi connectivity index (χ3n) is 4.43. The zero-order chi connectivity index (χ0) is 18.2. The van der Waals surface area contributed by atoms with Crippen LogP contribution in [-0.2, 0) is 10.0 Å². The molecule has 0 atom stereocenters. The molecule has 7 heteroatoms. The van der Waals surface area contributed by atoms with Crippen LogP contribution in [0.4, 0.5) is 0 Å². The lowest BCUT2D eigenvalue weighted by molar-refractivity contribution is 0.0703. The standard InChI is InChI=1S/C18H22N2O3S2/c1-13-4-7-17(14(2)12-13)25(22,23)20-10-8-19(9-11-20)18(21)16-6-5-15(3)24-16/h4-7,12H,8-11H2,1-3H3. The van der Waals surface area contributed by atoms with Crippen molar-refractivity contribution in [3.63, 3.8) is 0 Å². The van der Waals surface area contributed by atoms with Crippen molar-refractivity contribution >= 4 is 27.3 Å². The second-order valence-electron chi connectivity index (χ2n) is 6.38. The molecule has 0 bridgehead atoms. The van der Waals surface area contributed by atoms with Crippen molar-refractivity contribution in [2.75, 3.05) is 26.2 Å². The first-order chi connectivity index (χ1) is 11.8. The van der Waals surface area contributed by atoms with E-state index in [0.29, 0.717) is 36.0 Å². The number of sulfonamides is 1. The molecule has 1 amide bonds. The second-order valence-corrected chi connectivity index (χ2v) is 9.57. The summed E-state index contributed by atoms with van der Waals surface area (Å²) in [4.78, 5) is 16.4. The maximum Gasteiger partial charge on any atom is 0.264 e. The highest BCUT2D eigenvalue weighted by Crippen LogP contribution is 2.23. The van der Waals surface area contributed by atoms with Crippen molar-refractivity contribution in [3.05, 3.63) is 51.2 Å². The number of hydrogen-bond acceptors (Lipinski definition) is 4. The molecule has 1 fully saturated rings. The minimum Gasteiger partial charge on any atom is -0.335 e. The smallest absolute Gasteiger partial charge is 0.264 e. The van der Waals surface area contributed by atoms with Gasteiger partial charge in [0.15, 0.2) is 0 Å². The SMILES string of the molecule is Cc1ccc(S(=O)(=O)N2CCN(C(=O)c3ccc(C)s3)CC2)c(C)c1. The van der Waals surface area contributed by atoms with Gasteiger partial charge in [0, 0.05) is 31.1 Å². The molecule has 134 valence electrons. The average Bonchev–Trinajstić information content (AvgIpc) is 3.00. The largest absolute Gasteiger partial charge is 0.335 e. The first-order valence-electron chi connectivity index (χ1n) is 8.22. The third kappa shape index (κ3) is 3.63. The maximum absolute atomic E-state index is 12.9. The summed E-state index contributed by atoms with van der Waals surface area (Å²) >= 11 is 1.47. The summed E-state index contributed by atoms with van der Waals surface area (Å²) in [5, 5.41) is 0. The summed E-state index contributed by atoms with van der Waals surface area (Å²) in [6, 6.07) is 9.14. The number of carbonyl (C=O) groups is 1. The second kappa shape index (κ2) is 6.90. The fourth-order valence-corrected chi connectivity index (χ4v) is 5.53. The van der Waals surface area contributed by atoms with E-state index in [4.69, 9.17) is 0 Å². The van der Waals surface area contributed by atoms with Crippen LogP contribution in [0.15, 0.2) is 35.2 Å². The van der Waals surface area contributed by atoms with Crippen LogP contribution in [0.1, 0.15) is 25.7 Å². The van der Waals surface area contributed by atoms with E-state index >= 15 is 0 Å². The van der Waals surface area contributed by atoms with Gasteiger partial charge in [-0.25, -0.2) is 8.42 Å². The number of amides is 1. The molecule has 1 aromatic heterocycles. The van der Waals surface area contributed by atoms with E-state index in [-0.39, 0.29) is 5.91 Å². The molecule has 1 aromatic carbocycles. The van der Waals surface area contributed by atoms with Gasteiger partial charge in [-0.15, -0.1) is 11.3 Å². The molecule has 0 saturated carbocycles. The van der Waals surface area contributed by atoms with Gasteiger partial charge in [-0.2, -0.15) is 4.31 Å². The highest BCUT2D eigenvalue weighted by atomic mass is 32.2. The van der Waals surface area contributed by atoms with Crippen LogP contribution in [0, 0.1) is 20.8 Å². The predicted octanol–water partition coefficient (Wildman–Crippen LogP) is 2.82. The van der Waals surface area contributed by atoms with Gasteiger partial charge in [-0.3, -0.25) is 4.79 Å². The predicted molar refractivity (Wildman–Crippen MR) is 99.6 cm³/mol. The lowest BCUT2D eigenvalue weighted by Gasteiger charge is -2.34. The molecule has 1 aliphatic heterocycles. The van der Waals surface area contributed by atoms with E-state index in [0.717, 1.165) is 16.0 Å². The molecule has 0 radical (unpaired) electrons. The van der Waals surface area contributed by atoms with E-state index in [1.165, 1.54) is 15.6 Å².